The van der Waals surface area contributed by atoms with Gasteiger partial charge in [0.2, 0.25) is 0 Å². The molecular formula is C14H23NO4. The molecule has 0 aliphatic rings. The number of nitrogen functional groups attached to an aromatic ring is 1. The standard InChI is InChI=1S/C14H23NO4/c1-3-10(16)8-18-13-7-5-6-12(15)14(13)19-9-11(17)4-2/h5-7,10-11,16-17H,3-4,8-9,15H2,1-2H3. The van der Waals surface area contributed by atoms with E-state index in [2.05, 4.69) is 0 Å². The van der Waals surface area contributed by atoms with Crippen LogP contribution in [0.3, 0.4) is 0 Å². The third kappa shape index (κ3) is 4.96. The number of benzene rings is 1. The number of nitrogens with two attached hydrogens (primary N) is 1. The number of aliphatic hydroxyl groups excluding tert-OH is 2. The molecule has 1 rings (SSSR count). The summed E-state index contributed by atoms with van der Waals surface area (Å²) in [5, 5.41) is 19.0. The SMILES string of the molecule is CCC(O)COc1cccc(N)c1OCC(O)CC. The lowest BCUT2D eigenvalue weighted by molar-refractivity contribution is 0.0907. The van der Waals surface area contributed by atoms with E-state index in [0.717, 1.165) is 0 Å². The lowest BCUT2D eigenvalue weighted by atomic mass is 10.2. The summed E-state index contributed by atoms with van der Waals surface area (Å²) in [6, 6.07) is 5.19. The first kappa shape index (κ1) is 15.6. The molecule has 0 aromatic heterocycles. The van der Waals surface area contributed by atoms with Gasteiger partial charge in [-0.3, -0.25) is 0 Å². The second-order valence-corrected chi connectivity index (χ2v) is 4.42. The summed E-state index contributed by atoms with van der Waals surface area (Å²) in [4.78, 5) is 0. The third-order valence-corrected chi connectivity index (χ3v) is 2.80. The number of hydrogen-bond acceptors (Lipinski definition) is 5. The van der Waals surface area contributed by atoms with Crippen LogP contribution < -0.4 is 15.2 Å². The Bertz CT molecular complexity index is 384. The van der Waals surface area contributed by atoms with E-state index in [-0.39, 0.29) is 13.2 Å². The van der Waals surface area contributed by atoms with Crippen LogP contribution in [0.1, 0.15) is 26.7 Å². The fourth-order valence-electron chi connectivity index (χ4n) is 1.40. The Morgan fingerprint density at radius 1 is 1.05 bits per heavy atom. The summed E-state index contributed by atoms with van der Waals surface area (Å²) >= 11 is 0. The fourth-order valence-corrected chi connectivity index (χ4v) is 1.40. The van der Waals surface area contributed by atoms with Gasteiger partial charge in [-0.15, -0.1) is 0 Å². The molecule has 2 atom stereocenters. The first-order valence-corrected chi connectivity index (χ1v) is 6.58. The van der Waals surface area contributed by atoms with Gasteiger partial charge >= 0.3 is 0 Å². The van der Waals surface area contributed by atoms with Crippen molar-refractivity contribution < 1.29 is 19.7 Å². The minimum Gasteiger partial charge on any atom is -0.487 e. The van der Waals surface area contributed by atoms with Gasteiger partial charge in [-0.05, 0) is 25.0 Å². The molecular weight excluding hydrogens is 246 g/mol. The first-order valence-electron chi connectivity index (χ1n) is 6.58. The lowest BCUT2D eigenvalue weighted by Crippen LogP contribution is -2.19. The molecule has 19 heavy (non-hydrogen) atoms. The van der Waals surface area contributed by atoms with E-state index in [1.54, 1.807) is 18.2 Å². The Morgan fingerprint density at radius 3 is 2.21 bits per heavy atom. The second kappa shape index (κ2) is 7.86. The molecule has 0 aliphatic heterocycles. The van der Waals surface area contributed by atoms with E-state index in [0.29, 0.717) is 30.0 Å². The van der Waals surface area contributed by atoms with Crippen LogP contribution in [0.2, 0.25) is 0 Å². The predicted molar refractivity (Wildman–Crippen MR) is 74.4 cm³/mol. The molecule has 0 bridgehead atoms. The zero-order chi connectivity index (χ0) is 14.3. The Labute approximate surface area is 114 Å². The molecule has 108 valence electrons. The Morgan fingerprint density at radius 2 is 1.63 bits per heavy atom. The van der Waals surface area contributed by atoms with Gasteiger partial charge in [-0.2, -0.15) is 0 Å². The molecule has 0 saturated heterocycles. The van der Waals surface area contributed by atoms with E-state index < -0.39 is 12.2 Å². The van der Waals surface area contributed by atoms with Crippen LogP contribution in [0, 0.1) is 0 Å². The number of hydrogen-bond donors (Lipinski definition) is 3. The largest absolute Gasteiger partial charge is 0.487 e. The van der Waals surface area contributed by atoms with Gasteiger partial charge < -0.3 is 25.4 Å². The summed E-state index contributed by atoms with van der Waals surface area (Å²) < 4.78 is 11.0. The quantitative estimate of drug-likeness (QED) is 0.624. The highest BCUT2D eigenvalue weighted by Gasteiger charge is 2.12. The van der Waals surface area contributed by atoms with Gasteiger partial charge in [0, 0.05) is 0 Å². The highest BCUT2D eigenvalue weighted by atomic mass is 16.5. The van der Waals surface area contributed by atoms with Crippen LogP contribution in [0.5, 0.6) is 11.5 Å². The molecule has 0 radical (unpaired) electrons. The Balaban J connectivity index is 2.71. The van der Waals surface area contributed by atoms with Gasteiger partial charge in [0.05, 0.1) is 17.9 Å². The van der Waals surface area contributed by atoms with Crippen molar-refractivity contribution in [3.05, 3.63) is 18.2 Å². The molecule has 2 unspecified atom stereocenters. The molecule has 0 spiro atoms. The molecule has 0 aliphatic carbocycles. The summed E-state index contributed by atoms with van der Waals surface area (Å²) in [7, 11) is 0. The number of ether oxygens (including phenoxy) is 2. The zero-order valence-electron chi connectivity index (χ0n) is 11.5. The monoisotopic (exact) mass is 269 g/mol. The highest BCUT2D eigenvalue weighted by Crippen LogP contribution is 2.33. The highest BCUT2D eigenvalue weighted by molar-refractivity contribution is 5.60. The molecule has 1 aromatic rings. The summed E-state index contributed by atoms with van der Waals surface area (Å²) in [5.41, 5.74) is 6.29. The van der Waals surface area contributed by atoms with E-state index in [1.807, 2.05) is 13.8 Å². The minimum atomic E-state index is -0.534. The number of anilines is 1. The molecule has 0 saturated carbocycles. The molecule has 5 heteroatoms. The van der Waals surface area contributed by atoms with Crippen LogP contribution in [-0.4, -0.2) is 35.6 Å². The lowest BCUT2D eigenvalue weighted by Gasteiger charge is -2.17. The second-order valence-electron chi connectivity index (χ2n) is 4.42. The van der Waals surface area contributed by atoms with E-state index in [1.165, 1.54) is 0 Å². The molecule has 4 N–H and O–H groups in total. The molecule has 0 amide bonds. The van der Waals surface area contributed by atoms with Crippen LogP contribution >= 0.6 is 0 Å². The van der Waals surface area contributed by atoms with Crippen molar-refractivity contribution in [2.45, 2.75) is 38.9 Å². The third-order valence-electron chi connectivity index (χ3n) is 2.80. The van der Waals surface area contributed by atoms with E-state index in [9.17, 15) is 10.2 Å². The zero-order valence-corrected chi connectivity index (χ0v) is 11.5. The van der Waals surface area contributed by atoms with Crippen molar-refractivity contribution in [2.24, 2.45) is 0 Å². The average Bonchev–Trinajstić information content (AvgIpc) is 2.43. The number of aliphatic hydroxyl groups is 2. The molecule has 5 nitrogen and oxygen atoms in total. The predicted octanol–water partition coefficient (Wildman–Crippen LogP) is 1.57. The van der Waals surface area contributed by atoms with Crippen molar-refractivity contribution in [1.29, 1.82) is 0 Å². The summed E-state index contributed by atoms with van der Waals surface area (Å²) in [5.74, 6) is 0.897. The molecule has 0 fully saturated rings. The minimum absolute atomic E-state index is 0.164. The van der Waals surface area contributed by atoms with Gasteiger partial charge in [-0.1, -0.05) is 19.9 Å². The van der Waals surface area contributed by atoms with Crippen LogP contribution in [0.25, 0.3) is 0 Å². The molecule has 1 aromatic carbocycles. The van der Waals surface area contributed by atoms with Gasteiger partial charge in [0.25, 0.3) is 0 Å². The van der Waals surface area contributed by atoms with E-state index in [4.69, 9.17) is 15.2 Å². The van der Waals surface area contributed by atoms with Crippen molar-refractivity contribution in [3.8, 4) is 11.5 Å². The first-order chi connectivity index (χ1) is 9.08. The maximum Gasteiger partial charge on any atom is 0.184 e. The topological polar surface area (TPSA) is 84.9 Å². The number of rotatable bonds is 8. The van der Waals surface area contributed by atoms with Gasteiger partial charge in [0.15, 0.2) is 11.5 Å². The number of para-hydroxylation sites is 1. The van der Waals surface area contributed by atoms with Crippen LogP contribution in [0.4, 0.5) is 5.69 Å². The van der Waals surface area contributed by atoms with Crippen LogP contribution in [0.15, 0.2) is 18.2 Å². The van der Waals surface area contributed by atoms with Gasteiger partial charge in [-0.25, -0.2) is 0 Å². The Kier molecular flexibility index (Phi) is 6.45. The maximum absolute atomic E-state index is 9.51. The normalized spacial score (nSPS) is 13.9. The van der Waals surface area contributed by atoms with Crippen LogP contribution in [-0.2, 0) is 0 Å². The smallest absolute Gasteiger partial charge is 0.184 e. The Hall–Kier alpha value is -1.46. The van der Waals surface area contributed by atoms with Crippen molar-refractivity contribution in [2.75, 3.05) is 18.9 Å². The van der Waals surface area contributed by atoms with Crippen molar-refractivity contribution >= 4 is 5.69 Å². The van der Waals surface area contributed by atoms with Crippen molar-refractivity contribution in [3.63, 3.8) is 0 Å². The van der Waals surface area contributed by atoms with Gasteiger partial charge in [0.1, 0.15) is 13.2 Å². The van der Waals surface area contributed by atoms with E-state index >= 15 is 0 Å². The fraction of sp³-hybridized carbons (Fsp3) is 0.571. The summed E-state index contributed by atoms with van der Waals surface area (Å²) in [6.07, 6.45) is 0.175. The molecule has 0 heterocycles. The van der Waals surface area contributed by atoms with Crippen molar-refractivity contribution in [1.82, 2.24) is 0 Å². The summed E-state index contributed by atoms with van der Waals surface area (Å²) in [6.45, 7) is 4.10. The average molecular weight is 269 g/mol. The maximum atomic E-state index is 9.51.